The molecule has 0 fully saturated rings. The van der Waals surface area contributed by atoms with E-state index in [1.807, 2.05) is 0 Å². The monoisotopic (exact) mass is 366 g/mol. The van der Waals surface area contributed by atoms with Gasteiger partial charge in [0.15, 0.2) is 4.21 Å². The van der Waals surface area contributed by atoms with Crippen LogP contribution in [0.2, 0.25) is 5.02 Å². The van der Waals surface area contributed by atoms with Crippen molar-refractivity contribution in [3.05, 3.63) is 39.1 Å². The van der Waals surface area contributed by atoms with Crippen LogP contribution < -0.4 is 10.5 Å². The Morgan fingerprint density at radius 2 is 2.06 bits per heavy atom. The third kappa shape index (κ3) is 2.80. The number of hydrogen-bond acceptors (Lipinski definition) is 4. The molecule has 1 aromatic carbocycles. The highest BCUT2D eigenvalue weighted by atomic mass is 79.9. The fourth-order valence-electron chi connectivity index (χ4n) is 1.28. The van der Waals surface area contributed by atoms with E-state index in [-0.39, 0.29) is 9.90 Å². The number of thiophene rings is 1. The Labute approximate surface area is 122 Å². The minimum atomic E-state index is -3.66. The molecule has 0 aliphatic rings. The van der Waals surface area contributed by atoms with Crippen molar-refractivity contribution in [1.29, 1.82) is 0 Å². The molecule has 2 rings (SSSR count). The fraction of sp³-hybridized carbons (Fsp3) is 0. The smallest absolute Gasteiger partial charge is 0.272 e. The first-order valence-corrected chi connectivity index (χ1v) is 8.24. The summed E-state index contributed by atoms with van der Waals surface area (Å²) in [6, 6.07) is 6.28. The summed E-state index contributed by atoms with van der Waals surface area (Å²) >= 11 is 10.2. The highest BCUT2D eigenvalue weighted by Crippen LogP contribution is 2.31. The van der Waals surface area contributed by atoms with Crippen LogP contribution in [0.1, 0.15) is 0 Å². The Bertz CT molecular complexity index is 685. The predicted molar refractivity (Wildman–Crippen MR) is 78.7 cm³/mol. The largest absolute Gasteiger partial charge is 0.399 e. The van der Waals surface area contributed by atoms with Crippen LogP contribution in [0, 0.1) is 0 Å². The zero-order valence-electron chi connectivity index (χ0n) is 8.85. The Hall–Kier alpha value is -0.760. The lowest BCUT2D eigenvalue weighted by Gasteiger charge is -2.09. The van der Waals surface area contributed by atoms with Gasteiger partial charge in [-0.1, -0.05) is 11.6 Å². The summed E-state index contributed by atoms with van der Waals surface area (Å²) in [5.74, 6) is 0. The molecule has 0 bridgehead atoms. The molecule has 3 N–H and O–H groups in total. The standard InChI is InChI=1S/C10H8BrClN2O2S2/c11-7-3-4-17-10(7)18(15,16)14-9-5-6(13)1-2-8(9)12/h1-5,14H,13H2. The van der Waals surface area contributed by atoms with Gasteiger partial charge >= 0.3 is 0 Å². The predicted octanol–water partition coefficient (Wildman–Crippen LogP) is 3.55. The second-order valence-electron chi connectivity index (χ2n) is 3.40. The number of benzene rings is 1. The van der Waals surface area contributed by atoms with Crippen LogP contribution in [0.4, 0.5) is 11.4 Å². The van der Waals surface area contributed by atoms with Crippen LogP contribution in [0.3, 0.4) is 0 Å². The van der Waals surface area contributed by atoms with Gasteiger partial charge in [0, 0.05) is 10.2 Å². The molecule has 18 heavy (non-hydrogen) atoms. The molecule has 0 radical (unpaired) electrons. The zero-order valence-corrected chi connectivity index (χ0v) is 12.8. The number of rotatable bonds is 3. The minimum absolute atomic E-state index is 0.195. The maximum Gasteiger partial charge on any atom is 0.272 e. The second-order valence-corrected chi connectivity index (χ2v) is 7.46. The molecule has 8 heteroatoms. The summed E-state index contributed by atoms with van der Waals surface area (Å²) in [6.07, 6.45) is 0. The van der Waals surface area contributed by atoms with Gasteiger partial charge in [-0.15, -0.1) is 11.3 Å². The Balaban J connectivity index is 2.40. The summed E-state index contributed by atoms with van der Waals surface area (Å²) in [4.78, 5) is 0. The van der Waals surface area contributed by atoms with Crippen LogP contribution in [-0.4, -0.2) is 8.42 Å². The van der Waals surface area contributed by atoms with Crippen molar-refractivity contribution >= 4 is 60.3 Å². The molecule has 1 aromatic heterocycles. The second kappa shape index (κ2) is 5.08. The van der Waals surface area contributed by atoms with Crippen molar-refractivity contribution in [1.82, 2.24) is 0 Å². The van der Waals surface area contributed by atoms with Gasteiger partial charge in [-0.05, 0) is 45.6 Å². The molecule has 0 saturated carbocycles. The van der Waals surface area contributed by atoms with Crippen LogP contribution in [0.25, 0.3) is 0 Å². The van der Waals surface area contributed by atoms with Crippen LogP contribution >= 0.6 is 38.9 Å². The molecule has 0 aliphatic heterocycles. The lowest BCUT2D eigenvalue weighted by atomic mass is 10.3. The Morgan fingerprint density at radius 1 is 1.33 bits per heavy atom. The number of anilines is 2. The molecule has 96 valence electrons. The van der Waals surface area contributed by atoms with E-state index in [9.17, 15) is 8.42 Å². The first-order valence-electron chi connectivity index (χ1n) is 4.71. The van der Waals surface area contributed by atoms with E-state index in [0.29, 0.717) is 15.2 Å². The number of nitrogens with two attached hydrogens (primary N) is 1. The molecular weight excluding hydrogens is 360 g/mol. The molecule has 0 atom stereocenters. The molecule has 1 heterocycles. The van der Waals surface area contributed by atoms with E-state index < -0.39 is 10.0 Å². The maximum absolute atomic E-state index is 12.1. The van der Waals surface area contributed by atoms with E-state index in [0.717, 1.165) is 11.3 Å². The Morgan fingerprint density at radius 3 is 2.67 bits per heavy atom. The third-order valence-electron chi connectivity index (χ3n) is 2.06. The van der Waals surface area contributed by atoms with Crippen molar-refractivity contribution in [3.63, 3.8) is 0 Å². The highest BCUT2D eigenvalue weighted by molar-refractivity contribution is 9.10. The van der Waals surface area contributed by atoms with Gasteiger partial charge in [0.25, 0.3) is 10.0 Å². The summed E-state index contributed by atoms with van der Waals surface area (Å²) in [5.41, 5.74) is 6.29. The molecule has 0 spiro atoms. The van der Waals surface area contributed by atoms with Crippen molar-refractivity contribution in [2.45, 2.75) is 4.21 Å². The van der Waals surface area contributed by atoms with Gasteiger partial charge in [-0.2, -0.15) is 0 Å². The number of hydrogen-bond donors (Lipinski definition) is 2. The number of nitrogen functional groups attached to an aromatic ring is 1. The van der Waals surface area contributed by atoms with Crippen molar-refractivity contribution in [3.8, 4) is 0 Å². The maximum atomic E-state index is 12.1. The van der Waals surface area contributed by atoms with E-state index in [1.54, 1.807) is 17.5 Å². The van der Waals surface area contributed by atoms with Gasteiger partial charge < -0.3 is 5.73 Å². The van der Waals surface area contributed by atoms with Gasteiger partial charge in [0.2, 0.25) is 0 Å². The van der Waals surface area contributed by atoms with E-state index in [2.05, 4.69) is 20.7 Å². The molecule has 2 aromatic rings. The SMILES string of the molecule is Nc1ccc(Cl)c(NS(=O)(=O)c2sccc2Br)c1. The van der Waals surface area contributed by atoms with Gasteiger partial charge in [-0.3, -0.25) is 4.72 Å². The number of nitrogens with one attached hydrogen (secondary N) is 1. The average Bonchev–Trinajstić information content (AvgIpc) is 2.70. The normalized spacial score (nSPS) is 11.4. The topological polar surface area (TPSA) is 72.2 Å². The van der Waals surface area contributed by atoms with Crippen LogP contribution in [0.15, 0.2) is 38.3 Å². The molecule has 0 saturated heterocycles. The molecule has 0 aliphatic carbocycles. The fourth-order valence-corrected chi connectivity index (χ4v) is 4.91. The highest BCUT2D eigenvalue weighted by Gasteiger charge is 2.20. The minimum Gasteiger partial charge on any atom is -0.399 e. The molecular formula is C10H8BrClN2O2S2. The van der Waals surface area contributed by atoms with Crippen molar-refractivity contribution < 1.29 is 8.42 Å². The summed E-state index contributed by atoms with van der Waals surface area (Å²) in [6.45, 7) is 0. The summed E-state index contributed by atoms with van der Waals surface area (Å²) in [5, 5.41) is 1.97. The zero-order chi connectivity index (χ0) is 13.3. The molecule has 0 unspecified atom stereocenters. The number of halogens is 2. The van der Waals surface area contributed by atoms with E-state index in [1.165, 1.54) is 12.1 Å². The summed E-state index contributed by atoms with van der Waals surface area (Å²) in [7, 11) is -3.66. The van der Waals surface area contributed by atoms with Crippen molar-refractivity contribution in [2.75, 3.05) is 10.5 Å². The summed E-state index contributed by atoms with van der Waals surface area (Å²) < 4.78 is 27.4. The third-order valence-corrected chi connectivity index (χ3v) is 6.43. The lowest BCUT2D eigenvalue weighted by molar-refractivity contribution is 0.603. The van der Waals surface area contributed by atoms with E-state index >= 15 is 0 Å². The Kier molecular flexibility index (Phi) is 3.86. The molecule has 0 amide bonds. The first-order chi connectivity index (χ1) is 8.40. The average molecular weight is 368 g/mol. The van der Waals surface area contributed by atoms with Crippen LogP contribution in [0.5, 0.6) is 0 Å². The molecule has 4 nitrogen and oxygen atoms in total. The van der Waals surface area contributed by atoms with Gasteiger partial charge in [-0.25, -0.2) is 8.42 Å². The van der Waals surface area contributed by atoms with Crippen molar-refractivity contribution in [2.24, 2.45) is 0 Å². The van der Waals surface area contributed by atoms with Crippen LogP contribution in [-0.2, 0) is 10.0 Å². The number of sulfonamides is 1. The van der Waals surface area contributed by atoms with Gasteiger partial charge in [0.05, 0.1) is 10.7 Å². The lowest BCUT2D eigenvalue weighted by Crippen LogP contribution is -2.12. The van der Waals surface area contributed by atoms with E-state index in [4.69, 9.17) is 17.3 Å². The quantitative estimate of drug-likeness (QED) is 0.815. The van der Waals surface area contributed by atoms with Gasteiger partial charge in [0.1, 0.15) is 0 Å². The first kappa shape index (κ1) is 13.7.